The average Bonchev–Trinajstić information content (AvgIpc) is 2.83. The van der Waals surface area contributed by atoms with Crippen molar-refractivity contribution in [3.63, 3.8) is 0 Å². The molecule has 0 fully saturated rings. The fourth-order valence-corrected chi connectivity index (χ4v) is 2.77. The molecule has 0 N–H and O–H groups in total. The number of hydrogen-bond acceptors (Lipinski definition) is 3. The van der Waals surface area contributed by atoms with Crippen molar-refractivity contribution in [3.05, 3.63) is 38.8 Å². The van der Waals surface area contributed by atoms with Crippen molar-refractivity contribution >= 4 is 22.9 Å². The van der Waals surface area contributed by atoms with Crippen LogP contribution in [0.2, 0.25) is 5.15 Å². The second kappa shape index (κ2) is 5.21. The maximum Gasteiger partial charge on any atom is 0.131 e. The van der Waals surface area contributed by atoms with Crippen molar-refractivity contribution in [1.82, 2.24) is 14.7 Å². The number of rotatable bonds is 4. The highest BCUT2D eigenvalue weighted by molar-refractivity contribution is 7.07. The van der Waals surface area contributed by atoms with E-state index in [0.717, 1.165) is 29.5 Å². The zero-order valence-electron chi connectivity index (χ0n) is 10.3. The van der Waals surface area contributed by atoms with Crippen molar-refractivity contribution in [1.29, 1.82) is 0 Å². The van der Waals surface area contributed by atoms with Gasteiger partial charge in [0.25, 0.3) is 0 Å². The summed E-state index contributed by atoms with van der Waals surface area (Å²) in [4.78, 5) is 2.25. The number of hydrogen-bond donors (Lipinski definition) is 0. The molecule has 0 aliphatic carbocycles. The van der Waals surface area contributed by atoms with E-state index >= 15 is 0 Å². The van der Waals surface area contributed by atoms with Crippen LogP contribution < -0.4 is 0 Å². The lowest BCUT2D eigenvalue weighted by atomic mass is 10.2. The highest BCUT2D eigenvalue weighted by Gasteiger charge is 2.13. The minimum atomic E-state index is 0.736. The van der Waals surface area contributed by atoms with E-state index in [1.165, 1.54) is 5.56 Å². The van der Waals surface area contributed by atoms with Crippen LogP contribution in [0.4, 0.5) is 0 Å². The molecule has 0 amide bonds. The Balaban J connectivity index is 2.05. The van der Waals surface area contributed by atoms with Gasteiger partial charge in [0, 0.05) is 25.7 Å². The fourth-order valence-electron chi connectivity index (χ4n) is 1.87. The van der Waals surface area contributed by atoms with Crippen LogP contribution in [0.5, 0.6) is 0 Å². The van der Waals surface area contributed by atoms with Gasteiger partial charge in [-0.25, -0.2) is 0 Å². The van der Waals surface area contributed by atoms with Gasteiger partial charge in [0.05, 0.1) is 5.69 Å². The molecule has 0 spiro atoms. The fraction of sp³-hybridized carbons (Fsp3) is 0.417. The summed E-state index contributed by atoms with van der Waals surface area (Å²) in [6, 6.07) is 2.15. The molecule has 0 unspecified atom stereocenters. The molecule has 3 nitrogen and oxygen atoms in total. The molecule has 0 atom stereocenters. The van der Waals surface area contributed by atoms with Gasteiger partial charge in [-0.15, -0.1) is 0 Å². The molecule has 0 aliphatic heterocycles. The summed E-state index contributed by atoms with van der Waals surface area (Å²) in [6.07, 6.45) is 0. The van der Waals surface area contributed by atoms with Gasteiger partial charge in [-0.3, -0.25) is 9.58 Å². The van der Waals surface area contributed by atoms with Crippen LogP contribution >= 0.6 is 22.9 Å². The predicted octanol–water partition coefficient (Wildman–Crippen LogP) is 3.08. The van der Waals surface area contributed by atoms with Gasteiger partial charge in [0.15, 0.2) is 0 Å². The smallest absolute Gasteiger partial charge is 0.131 e. The maximum atomic E-state index is 6.22. The molecule has 0 aliphatic rings. The highest BCUT2D eigenvalue weighted by Crippen LogP contribution is 2.21. The van der Waals surface area contributed by atoms with Crippen molar-refractivity contribution < 1.29 is 0 Å². The summed E-state index contributed by atoms with van der Waals surface area (Å²) < 4.78 is 1.73. The molecule has 2 heterocycles. The lowest BCUT2D eigenvalue weighted by Crippen LogP contribution is -2.17. The van der Waals surface area contributed by atoms with Crippen LogP contribution in [0, 0.1) is 6.92 Å². The highest BCUT2D eigenvalue weighted by atomic mass is 35.5. The van der Waals surface area contributed by atoms with Gasteiger partial charge < -0.3 is 0 Å². The molecular formula is C12H16ClN3S. The molecule has 0 radical (unpaired) electrons. The number of thiophene rings is 1. The third-order valence-electron chi connectivity index (χ3n) is 2.73. The SMILES string of the molecule is Cc1nn(C)c(Cl)c1CN(C)Cc1ccsc1. The lowest BCUT2D eigenvalue weighted by Gasteiger charge is -2.15. The summed E-state index contributed by atoms with van der Waals surface area (Å²) in [5.74, 6) is 0. The third kappa shape index (κ3) is 2.89. The monoisotopic (exact) mass is 269 g/mol. The van der Waals surface area contributed by atoms with Gasteiger partial charge >= 0.3 is 0 Å². The summed E-state index contributed by atoms with van der Waals surface area (Å²) in [7, 11) is 3.97. The molecule has 2 aromatic heterocycles. The van der Waals surface area contributed by atoms with Crippen LogP contribution in [-0.4, -0.2) is 21.7 Å². The molecule has 0 aromatic carbocycles. The average molecular weight is 270 g/mol. The molecule has 5 heteroatoms. The number of aromatic nitrogens is 2. The Labute approximate surface area is 111 Å². The molecule has 17 heavy (non-hydrogen) atoms. The van der Waals surface area contributed by atoms with Crippen LogP contribution in [0.1, 0.15) is 16.8 Å². The number of nitrogens with zero attached hydrogens (tertiary/aromatic N) is 3. The first-order chi connectivity index (χ1) is 8.08. The lowest BCUT2D eigenvalue weighted by molar-refractivity contribution is 0.319. The third-order valence-corrected chi connectivity index (χ3v) is 3.94. The summed E-state index contributed by atoms with van der Waals surface area (Å²) in [5, 5.41) is 9.33. The summed E-state index contributed by atoms with van der Waals surface area (Å²) in [6.45, 7) is 3.77. The normalized spacial score (nSPS) is 11.4. The number of aryl methyl sites for hydroxylation is 2. The first kappa shape index (κ1) is 12.6. The van der Waals surface area contributed by atoms with Crippen LogP contribution in [-0.2, 0) is 20.1 Å². The maximum absolute atomic E-state index is 6.22. The molecule has 0 saturated heterocycles. The second-order valence-electron chi connectivity index (χ2n) is 4.28. The Hall–Kier alpha value is -0.840. The Kier molecular flexibility index (Phi) is 3.86. The van der Waals surface area contributed by atoms with Gasteiger partial charge in [0.2, 0.25) is 0 Å². The zero-order valence-corrected chi connectivity index (χ0v) is 11.8. The topological polar surface area (TPSA) is 21.1 Å². The summed E-state index contributed by atoms with van der Waals surface area (Å²) >= 11 is 7.94. The standard InChI is InChI=1S/C12H16ClN3S/c1-9-11(12(13)16(3)14-9)7-15(2)6-10-4-5-17-8-10/h4-5,8H,6-7H2,1-3H3. The van der Waals surface area contributed by atoms with Crippen LogP contribution in [0.15, 0.2) is 16.8 Å². The zero-order chi connectivity index (χ0) is 12.4. The Morgan fingerprint density at radius 2 is 2.24 bits per heavy atom. The van der Waals surface area contributed by atoms with Gasteiger partial charge in [-0.2, -0.15) is 16.4 Å². The minimum absolute atomic E-state index is 0.736. The van der Waals surface area contributed by atoms with Gasteiger partial charge in [-0.05, 0) is 36.4 Å². The largest absolute Gasteiger partial charge is 0.298 e. The van der Waals surface area contributed by atoms with E-state index in [2.05, 4.69) is 33.9 Å². The quantitative estimate of drug-likeness (QED) is 0.851. The van der Waals surface area contributed by atoms with Gasteiger partial charge in [0.1, 0.15) is 5.15 Å². The molecule has 2 aromatic rings. The number of halogens is 1. The Bertz CT molecular complexity index is 490. The van der Waals surface area contributed by atoms with Crippen molar-refractivity contribution in [2.75, 3.05) is 7.05 Å². The Morgan fingerprint density at radius 3 is 2.76 bits per heavy atom. The van der Waals surface area contributed by atoms with Crippen molar-refractivity contribution in [2.45, 2.75) is 20.0 Å². The van der Waals surface area contributed by atoms with Crippen molar-refractivity contribution in [3.8, 4) is 0 Å². The molecular weight excluding hydrogens is 254 g/mol. The van der Waals surface area contributed by atoms with E-state index in [1.54, 1.807) is 16.0 Å². The van der Waals surface area contributed by atoms with E-state index in [1.807, 2.05) is 14.0 Å². The molecule has 0 saturated carbocycles. The van der Waals surface area contributed by atoms with E-state index in [9.17, 15) is 0 Å². The second-order valence-corrected chi connectivity index (χ2v) is 5.42. The Morgan fingerprint density at radius 1 is 1.47 bits per heavy atom. The predicted molar refractivity (Wildman–Crippen MR) is 72.4 cm³/mol. The van der Waals surface area contributed by atoms with E-state index in [-0.39, 0.29) is 0 Å². The van der Waals surface area contributed by atoms with E-state index in [4.69, 9.17) is 11.6 Å². The molecule has 2 rings (SSSR count). The first-order valence-corrected chi connectivity index (χ1v) is 6.77. The van der Waals surface area contributed by atoms with Crippen molar-refractivity contribution in [2.24, 2.45) is 7.05 Å². The first-order valence-electron chi connectivity index (χ1n) is 5.45. The van der Waals surface area contributed by atoms with Crippen LogP contribution in [0.3, 0.4) is 0 Å². The van der Waals surface area contributed by atoms with Crippen LogP contribution in [0.25, 0.3) is 0 Å². The van der Waals surface area contributed by atoms with E-state index in [0.29, 0.717) is 0 Å². The molecule has 92 valence electrons. The van der Waals surface area contributed by atoms with Gasteiger partial charge in [-0.1, -0.05) is 11.6 Å². The minimum Gasteiger partial charge on any atom is -0.298 e. The summed E-state index contributed by atoms with van der Waals surface area (Å²) in [5.41, 5.74) is 3.47. The molecule has 0 bridgehead atoms. The van der Waals surface area contributed by atoms with E-state index < -0.39 is 0 Å².